The highest BCUT2D eigenvalue weighted by Crippen LogP contribution is 2.30. The number of para-hydroxylation sites is 1. The molecule has 2 aromatic carbocycles. The molecular weight excluding hydrogens is 349 g/mol. The molecule has 0 radical (unpaired) electrons. The van der Waals surface area contributed by atoms with E-state index in [1.807, 2.05) is 0 Å². The highest BCUT2D eigenvalue weighted by atomic mass is 79.9. The van der Waals surface area contributed by atoms with E-state index in [4.69, 9.17) is 4.74 Å². The molecule has 0 saturated carbocycles. The SMILES string of the molecule is O=Cc1cccc(Br)c1OCc1ccc(C(F)(F)F)cc1. The fourth-order valence-corrected chi connectivity index (χ4v) is 2.21. The average molecular weight is 359 g/mol. The van der Waals surface area contributed by atoms with Crippen molar-refractivity contribution >= 4 is 22.2 Å². The molecule has 2 aromatic rings. The van der Waals surface area contributed by atoms with Crippen LogP contribution in [0.3, 0.4) is 0 Å². The van der Waals surface area contributed by atoms with Gasteiger partial charge in [-0.2, -0.15) is 13.2 Å². The van der Waals surface area contributed by atoms with E-state index in [1.165, 1.54) is 12.1 Å². The molecule has 0 N–H and O–H groups in total. The third-order valence-corrected chi connectivity index (χ3v) is 3.41. The van der Waals surface area contributed by atoms with Crippen molar-refractivity contribution in [3.05, 3.63) is 63.6 Å². The molecule has 0 aliphatic rings. The summed E-state index contributed by atoms with van der Waals surface area (Å²) >= 11 is 3.27. The van der Waals surface area contributed by atoms with Crippen LogP contribution >= 0.6 is 15.9 Å². The van der Waals surface area contributed by atoms with Gasteiger partial charge in [-0.15, -0.1) is 0 Å². The molecule has 6 heteroatoms. The lowest BCUT2D eigenvalue weighted by Crippen LogP contribution is -2.05. The Morgan fingerprint density at radius 2 is 1.76 bits per heavy atom. The van der Waals surface area contributed by atoms with Crippen molar-refractivity contribution in [1.29, 1.82) is 0 Å². The van der Waals surface area contributed by atoms with E-state index in [0.717, 1.165) is 12.1 Å². The first kappa shape index (κ1) is 15.6. The van der Waals surface area contributed by atoms with Gasteiger partial charge in [0.25, 0.3) is 0 Å². The average Bonchev–Trinajstić information content (AvgIpc) is 2.45. The van der Waals surface area contributed by atoms with Crippen LogP contribution in [0.1, 0.15) is 21.5 Å². The molecule has 0 heterocycles. The van der Waals surface area contributed by atoms with Crippen LogP contribution < -0.4 is 4.74 Å². The van der Waals surface area contributed by atoms with Crippen LogP contribution in [-0.2, 0) is 12.8 Å². The summed E-state index contributed by atoms with van der Waals surface area (Å²) in [5.41, 5.74) is 0.243. The van der Waals surface area contributed by atoms with E-state index in [-0.39, 0.29) is 6.61 Å². The first-order valence-electron chi connectivity index (χ1n) is 5.94. The molecule has 0 aliphatic carbocycles. The van der Waals surface area contributed by atoms with Gasteiger partial charge in [-0.1, -0.05) is 18.2 Å². The maximum atomic E-state index is 12.4. The molecule has 21 heavy (non-hydrogen) atoms. The molecule has 0 unspecified atom stereocenters. The topological polar surface area (TPSA) is 26.3 Å². The van der Waals surface area contributed by atoms with Gasteiger partial charge in [-0.25, -0.2) is 0 Å². The normalized spacial score (nSPS) is 11.2. The van der Waals surface area contributed by atoms with Crippen LogP contribution in [0.2, 0.25) is 0 Å². The monoisotopic (exact) mass is 358 g/mol. The Bertz CT molecular complexity index is 636. The fraction of sp³-hybridized carbons (Fsp3) is 0.133. The van der Waals surface area contributed by atoms with E-state index in [1.54, 1.807) is 18.2 Å². The Kier molecular flexibility index (Phi) is 4.67. The lowest BCUT2D eigenvalue weighted by molar-refractivity contribution is -0.137. The lowest BCUT2D eigenvalue weighted by Gasteiger charge is -2.11. The van der Waals surface area contributed by atoms with E-state index < -0.39 is 11.7 Å². The van der Waals surface area contributed by atoms with Gasteiger partial charge in [0.1, 0.15) is 12.4 Å². The zero-order valence-electron chi connectivity index (χ0n) is 10.7. The second-order valence-electron chi connectivity index (χ2n) is 4.26. The lowest BCUT2D eigenvalue weighted by atomic mass is 10.1. The van der Waals surface area contributed by atoms with Crippen LogP contribution in [0, 0.1) is 0 Å². The summed E-state index contributed by atoms with van der Waals surface area (Å²) in [5, 5.41) is 0. The van der Waals surface area contributed by atoms with Crippen molar-refractivity contribution in [2.24, 2.45) is 0 Å². The molecule has 2 rings (SSSR count). The van der Waals surface area contributed by atoms with E-state index in [0.29, 0.717) is 27.6 Å². The van der Waals surface area contributed by atoms with Crippen LogP contribution in [0.4, 0.5) is 13.2 Å². The maximum absolute atomic E-state index is 12.4. The molecule has 0 atom stereocenters. The van der Waals surface area contributed by atoms with Crippen molar-refractivity contribution in [1.82, 2.24) is 0 Å². The number of ether oxygens (including phenoxy) is 1. The smallest absolute Gasteiger partial charge is 0.416 e. The molecule has 0 saturated heterocycles. The number of carbonyl (C=O) groups excluding carboxylic acids is 1. The first-order valence-corrected chi connectivity index (χ1v) is 6.74. The predicted molar refractivity (Wildman–Crippen MR) is 75.3 cm³/mol. The van der Waals surface area contributed by atoms with Crippen LogP contribution in [0.25, 0.3) is 0 Å². The summed E-state index contributed by atoms with van der Waals surface area (Å²) in [7, 11) is 0. The Balaban J connectivity index is 2.12. The molecule has 0 aromatic heterocycles. The van der Waals surface area contributed by atoms with Crippen LogP contribution in [0.5, 0.6) is 5.75 Å². The summed E-state index contributed by atoms with van der Waals surface area (Å²) in [5.74, 6) is 0.368. The van der Waals surface area contributed by atoms with Crippen LogP contribution in [-0.4, -0.2) is 6.29 Å². The van der Waals surface area contributed by atoms with Crippen molar-refractivity contribution in [2.45, 2.75) is 12.8 Å². The highest BCUT2D eigenvalue weighted by Gasteiger charge is 2.29. The molecule has 0 bridgehead atoms. The van der Waals surface area contributed by atoms with Gasteiger partial charge in [-0.3, -0.25) is 4.79 Å². The van der Waals surface area contributed by atoms with E-state index in [9.17, 15) is 18.0 Å². The molecular formula is C15H10BrF3O2. The molecule has 0 spiro atoms. The Hall–Kier alpha value is -1.82. The number of benzene rings is 2. The Morgan fingerprint density at radius 3 is 2.33 bits per heavy atom. The van der Waals surface area contributed by atoms with Gasteiger partial charge in [-0.05, 0) is 45.8 Å². The predicted octanol–water partition coefficient (Wildman–Crippen LogP) is 4.86. The standard InChI is InChI=1S/C15H10BrF3O2/c16-13-3-1-2-11(8-20)14(13)21-9-10-4-6-12(7-5-10)15(17,18)19/h1-8H,9H2. The number of carbonyl (C=O) groups is 1. The molecule has 0 aliphatic heterocycles. The first-order chi connectivity index (χ1) is 9.91. The van der Waals surface area contributed by atoms with Gasteiger partial charge in [0.05, 0.1) is 15.6 Å². The minimum absolute atomic E-state index is 0.0710. The van der Waals surface area contributed by atoms with Gasteiger partial charge in [0.15, 0.2) is 6.29 Å². The largest absolute Gasteiger partial charge is 0.487 e. The Morgan fingerprint density at radius 1 is 1.10 bits per heavy atom. The summed E-state index contributed by atoms with van der Waals surface area (Å²) in [6.07, 6.45) is -3.70. The molecule has 0 fully saturated rings. The molecule has 110 valence electrons. The summed E-state index contributed by atoms with van der Waals surface area (Å²) in [6, 6.07) is 9.70. The second kappa shape index (κ2) is 6.30. The summed E-state index contributed by atoms with van der Waals surface area (Å²) < 4.78 is 43.5. The van der Waals surface area contributed by atoms with Crippen LogP contribution in [0.15, 0.2) is 46.9 Å². The quantitative estimate of drug-likeness (QED) is 0.729. The van der Waals surface area contributed by atoms with Gasteiger partial charge >= 0.3 is 6.18 Å². The number of aldehydes is 1. The maximum Gasteiger partial charge on any atom is 0.416 e. The van der Waals surface area contributed by atoms with E-state index in [2.05, 4.69) is 15.9 Å². The van der Waals surface area contributed by atoms with Crippen molar-refractivity contribution < 1.29 is 22.7 Å². The van der Waals surface area contributed by atoms with Crippen molar-refractivity contribution in [3.8, 4) is 5.75 Å². The fourth-order valence-electron chi connectivity index (χ4n) is 1.72. The highest BCUT2D eigenvalue weighted by molar-refractivity contribution is 9.10. The summed E-state index contributed by atoms with van der Waals surface area (Å²) in [6.45, 7) is 0.0710. The Labute approximate surface area is 127 Å². The number of hydrogen-bond acceptors (Lipinski definition) is 2. The third kappa shape index (κ3) is 3.85. The van der Waals surface area contributed by atoms with Gasteiger partial charge in [0, 0.05) is 0 Å². The van der Waals surface area contributed by atoms with Gasteiger partial charge in [0.2, 0.25) is 0 Å². The summed E-state index contributed by atoms with van der Waals surface area (Å²) in [4.78, 5) is 10.9. The number of halogens is 4. The number of alkyl halides is 3. The minimum atomic E-state index is -4.35. The second-order valence-corrected chi connectivity index (χ2v) is 5.11. The minimum Gasteiger partial charge on any atom is -0.487 e. The zero-order chi connectivity index (χ0) is 15.5. The number of rotatable bonds is 4. The van der Waals surface area contributed by atoms with Crippen molar-refractivity contribution in [2.75, 3.05) is 0 Å². The molecule has 2 nitrogen and oxygen atoms in total. The van der Waals surface area contributed by atoms with E-state index >= 15 is 0 Å². The molecule has 0 amide bonds. The zero-order valence-corrected chi connectivity index (χ0v) is 12.2. The van der Waals surface area contributed by atoms with Crippen molar-refractivity contribution in [3.63, 3.8) is 0 Å². The third-order valence-electron chi connectivity index (χ3n) is 2.79. The number of hydrogen-bond donors (Lipinski definition) is 0. The van der Waals surface area contributed by atoms with Gasteiger partial charge < -0.3 is 4.74 Å².